The molecular formula is C18H29N5O2. The zero-order valence-corrected chi connectivity index (χ0v) is 15.7. The number of aliphatic imine (C=N–C) groups is 1. The van der Waals surface area contributed by atoms with E-state index in [0.29, 0.717) is 26.2 Å². The molecule has 0 aromatic heterocycles. The topological polar surface area (TPSA) is 60.4 Å². The number of nitrogens with one attached hydrogen (secondary N) is 1. The van der Waals surface area contributed by atoms with Crippen LogP contribution in [-0.4, -0.2) is 75.8 Å². The van der Waals surface area contributed by atoms with Gasteiger partial charge in [-0.2, -0.15) is 0 Å². The first kappa shape index (κ1) is 18.9. The number of ether oxygens (including phenoxy) is 1. The Bertz CT molecular complexity index is 595. The first-order valence-corrected chi connectivity index (χ1v) is 8.68. The third-order valence-corrected chi connectivity index (χ3v) is 4.19. The Kier molecular flexibility index (Phi) is 6.91. The van der Waals surface area contributed by atoms with Gasteiger partial charge in [-0.3, -0.25) is 4.99 Å². The summed E-state index contributed by atoms with van der Waals surface area (Å²) in [6.45, 7) is 5.74. The molecule has 0 unspecified atom stereocenters. The highest BCUT2D eigenvalue weighted by Gasteiger charge is 2.23. The van der Waals surface area contributed by atoms with Crippen molar-refractivity contribution < 1.29 is 9.53 Å². The number of carbonyl (C=O) groups is 1. The van der Waals surface area contributed by atoms with Gasteiger partial charge in [0.05, 0.1) is 6.61 Å². The van der Waals surface area contributed by atoms with E-state index >= 15 is 0 Å². The standard InChI is InChI=1S/C18H29N5O2/c1-5-25-18(24)23-11-9-22(10-12-23)17(19-2)20-14-15-7-6-8-16(13-15)21(3)4/h6-8,13H,5,9-12,14H2,1-4H3,(H,19,20). The smallest absolute Gasteiger partial charge is 0.409 e. The fourth-order valence-corrected chi connectivity index (χ4v) is 2.77. The molecule has 0 radical (unpaired) electrons. The van der Waals surface area contributed by atoms with Crippen LogP contribution in [0.15, 0.2) is 29.3 Å². The SMILES string of the molecule is CCOC(=O)N1CCN(C(=NC)NCc2cccc(N(C)C)c2)CC1. The van der Waals surface area contributed by atoms with Crippen LogP contribution in [-0.2, 0) is 11.3 Å². The number of hydrogen-bond donors (Lipinski definition) is 1. The molecule has 1 amide bonds. The molecule has 7 nitrogen and oxygen atoms in total. The van der Waals surface area contributed by atoms with Gasteiger partial charge in [-0.1, -0.05) is 12.1 Å². The van der Waals surface area contributed by atoms with E-state index in [1.165, 1.54) is 11.3 Å². The number of carbonyl (C=O) groups excluding carboxylic acids is 1. The van der Waals surface area contributed by atoms with E-state index < -0.39 is 0 Å². The molecule has 25 heavy (non-hydrogen) atoms. The average Bonchev–Trinajstić information content (AvgIpc) is 2.63. The van der Waals surface area contributed by atoms with E-state index in [2.05, 4.69) is 44.4 Å². The second-order valence-electron chi connectivity index (χ2n) is 6.14. The summed E-state index contributed by atoms with van der Waals surface area (Å²) in [6.07, 6.45) is -0.231. The van der Waals surface area contributed by atoms with Crippen LogP contribution in [0.1, 0.15) is 12.5 Å². The quantitative estimate of drug-likeness (QED) is 0.662. The number of nitrogens with zero attached hydrogens (tertiary/aromatic N) is 4. The third kappa shape index (κ3) is 5.27. The molecule has 7 heteroatoms. The highest BCUT2D eigenvalue weighted by atomic mass is 16.6. The Hall–Kier alpha value is -2.44. The van der Waals surface area contributed by atoms with Crippen molar-refractivity contribution in [2.45, 2.75) is 13.5 Å². The lowest BCUT2D eigenvalue weighted by molar-refractivity contribution is 0.0914. The molecule has 1 aromatic carbocycles. The summed E-state index contributed by atoms with van der Waals surface area (Å²) in [4.78, 5) is 22.2. The van der Waals surface area contributed by atoms with Crippen LogP contribution in [0.25, 0.3) is 0 Å². The van der Waals surface area contributed by atoms with Crippen LogP contribution < -0.4 is 10.2 Å². The number of piperazine rings is 1. The molecule has 1 aromatic rings. The maximum Gasteiger partial charge on any atom is 0.409 e. The van der Waals surface area contributed by atoms with E-state index in [1.807, 2.05) is 21.0 Å². The summed E-state index contributed by atoms with van der Waals surface area (Å²) in [5.41, 5.74) is 2.38. The van der Waals surface area contributed by atoms with Crippen LogP contribution >= 0.6 is 0 Å². The van der Waals surface area contributed by atoms with Crippen molar-refractivity contribution in [2.75, 3.05) is 58.8 Å². The zero-order valence-electron chi connectivity index (χ0n) is 15.7. The van der Waals surface area contributed by atoms with Crippen molar-refractivity contribution in [3.05, 3.63) is 29.8 Å². The van der Waals surface area contributed by atoms with Gasteiger partial charge in [0.1, 0.15) is 0 Å². The molecule has 1 saturated heterocycles. The van der Waals surface area contributed by atoms with E-state index in [0.717, 1.165) is 19.0 Å². The van der Waals surface area contributed by atoms with Gasteiger partial charge >= 0.3 is 6.09 Å². The van der Waals surface area contributed by atoms with Gasteiger partial charge in [0, 0.05) is 59.6 Å². The van der Waals surface area contributed by atoms with Crippen LogP contribution in [0.3, 0.4) is 0 Å². The lowest BCUT2D eigenvalue weighted by Gasteiger charge is -2.35. The molecule has 0 bridgehead atoms. The van der Waals surface area contributed by atoms with Gasteiger partial charge in [-0.25, -0.2) is 4.79 Å². The van der Waals surface area contributed by atoms with E-state index in [-0.39, 0.29) is 6.09 Å². The minimum Gasteiger partial charge on any atom is -0.450 e. The van der Waals surface area contributed by atoms with Crippen molar-refractivity contribution >= 4 is 17.7 Å². The zero-order chi connectivity index (χ0) is 18.2. The largest absolute Gasteiger partial charge is 0.450 e. The molecule has 1 aliphatic heterocycles. The van der Waals surface area contributed by atoms with Crippen LogP contribution in [0.4, 0.5) is 10.5 Å². The van der Waals surface area contributed by atoms with Crippen LogP contribution in [0, 0.1) is 0 Å². The summed E-state index contributed by atoms with van der Waals surface area (Å²) >= 11 is 0. The molecule has 138 valence electrons. The molecule has 0 aliphatic carbocycles. The monoisotopic (exact) mass is 347 g/mol. The molecule has 0 spiro atoms. The molecule has 1 N–H and O–H groups in total. The second-order valence-corrected chi connectivity index (χ2v) is 6.14. The average molecular weight is 347 g/mol. The maximum absolute atomic E-state index is 11.8. The minimum absolute atomic E-state index is 0.231. The highest BCUT2D eigenvalue weighted by molar-refractivity contribution is 5.80. The summed E-state index contributed by atoms with van der Waals surface area (Å²) in [5, 5.41) is 3.41. The Morgan fingerprint density at radius 3 is 2.52 bits per heavy atom. The number of benzene rings is 1. The third-order valence-electron chi connectivity index (χ3n) is 4.19. The number of guanidine groups is 1. The van der Waals surface area contributed by atoms with Crippen molar-refractivity contribution in [1.82, 2.24) is 15.1 Å². The Morgan fingerprint density at radius 2 is 1.92 bits per heavy atom. The van der Waals surface area contributed by atoms with E-state index in [4.69, 9.17) is 4.74 Å². The molecule has 1 heterocycles. The number of anilines is 1. The Morgan fingerprint density at radius 1 is 1.24 bits per heavy atom. The van der Waals surface area contributed by atoms with Crippen LogP contribution in [0.5, 0.6) is 0 Å². The van der Waals surface area contributed by atoms with Gasteiger partial charge in [0.15, 0.2) is 5.96 Å². The van der Waals surface area contributed by atoms with Crippen molar-refractivity contribution in [1.29, 1.82) is 0 Å². The fourth-order valence-electron chi connectivity index (χ4n) is 2.77. The summed E-state index contributed by atoms with van der Waals surface area (Å²) in [7, 11) is 5.86. The van der Waals surface area contributed by atoms with Crippen molar-refractivity contribution in [3.63, 3.8) is 0 Å². The van der Waals surface area contributed by atoms with Gasteiger partial charge in [0.2, 0.25) is 0 Å². The van der Waals surface area contributed by atoms with Crippen LogP contribution in [0.2, 0.25) is 0 Å². The minimum atomic E-state index is -0.231. The van der Waals surface area contributed by atoms with Gasteiger partial charge in [0.25, 0.3) is 0 Å². The normalized spacial score (nSPS) is 15.1. The van der Waals surface area contributed by atoms with Gasteiger partial charge in [-0.05, 0) is 24.6 Å². The highest BCUT2D eigenvalue weighted by Crippen LogP contribution is 2.13. The first-order chi connectivity index (χ1) is 12.0. The van der Waals surface area contributed by atoms with Crippen molar-refractivity contribution in [2.24, 2.45) is 4.99 Å². The van der Waals surface area contributed by atoms with Crippen molar-refractivity contribution in [3.8, 4) is 0 Å². The summed E-state index contributed by atoms with van der Waals surface area (Å²) < 4.78 is 5.06. The fraction of sp³-hybridized carbons (Fsp3) is 0.556. The van der Waals surface area contributed by atoms with E-state index in [1.54, 1.807) is 11.9 Å². The molecule has 1 fully saturated rings. The second kappa shape index (κ2) is 9.15. The molecule has 2 rings (SSSR count). The Labute approximate surface area is 150 Å². The summed E-state index contributed by atoms with van der Waals surface area (Å²) in [6, 6.07) is 8.42. The summed E-state index contributed by atoms with van der Waals surface area (Å²) in [5.74, 6) is 0.860. The lowest BCUT2D eigenvalue weighted by atomic mass is 10.2. The number of amides is 1. The molecule has 0 atom stereocenters. The Balaban J connectivity index is 1.87. The molecular weight excluding hydrogens is 318 g/mol. The van der Waals surface area contributed by atoms with Gasteiger partial charge in [-0.15, -0.1) is 0 Å². The first-order valence-electron chi connectivity index (χ1n) is 8.68. The van der Waals surface area contributed by atoms with E-state index in [9.17, 15) is 4.79 Å². The lowest BCUT2D eigenvalue weighted by Crippen LogP contribution is -2.53. The number of rotatable bonds is 4. The molecule has 1 aliphatic rings. The predicted octanol–water partition coefficient (Wildman–Crippen LogP) is 1.60. The maximum atomic E-state index is 11.8. The number of hydrogen-bond acceptors (Lipinski definition) is 4. The van der Waals surface area contributed by atoms with Gasteiger partial charge < -0.3 is 24.8 Å². The predicted molar refractivity (Wildman–Crippen MR) is 101 cm³/mol. The molecule has 0 saturated carbocycles.